The molecule has 1 aromatic carbocycles. The molecule has 0 aliphatic heterocycles. The molecule has 0 amide bonds. The van der Waals surface area contributed by atoms with Crippen molar-refractivity contribution < 1.29 is 13.9 Å². The molecule has 20 heavy (non-hydrogen) atoms. The molecule has 6 heteroatoms. The van der Waals surface area contributed by atoms with E-state index in [-0.39, 0.29) is 5.82 Å². The first-order chi connectivity index (χ1) is 9.65. The van der Waals surface area contributed by atoms with Gasteiger partial charge in [-0.05, 0) is 38.1 Å². The summed E-state index contributed by atoms with van der Waals surface area (Å²) in [4.78, 5) is 17.8. The van der Waals surface area contributed by atoms with E-state index in [1.165, 1.54) is 23.5 Å². The molecule has 1 heterocycles. The van der Waals surface area contributed by atoms with Gasteiger partial charge in [0, 0.05) is 17.6 Å². The van der Waals surface area contributed by atoms with E-state index >= 15 is 0 Å². The molecule has 2 rings (SSSR count). The summed E-state index contributed by atoms with van der Waals surface area (Å²) in [6.45, 7) is 4.71. The summed E-state index contributed by atoms with van der Waals surface area (Å²) in [6, 6.07) is 6.17. The van der Waals surface area contributed by atoms with Gasteiger partial charge in [-0.15, -0.1) is 11.3 Å². The van der Waals surface area contributed by atoms with Gasteiger partial charge in [0.05, 0.1) is 6.61 Å². The first-order valence-electron chi connectivity index (χ1n) is 6.31. The van der Waals surface area contributed by atoms with E-state index in [0.29, 0.717) is 24.0 Å². The zero-order chi connectivity index (χ0) is 14.5. The van der Waals surface area contributed by atoms with Crippen LogP contribution in [0.4, 0.5) is 15.2 Å². The van der Waals surface area contributed by atoms with Crippen LogP contribution in [-0.4, -0.2) is 24.1 Å². The lowest BCUT2D eigenvalue weighted by atomic mass is 10.3. The van der Waals surface area contributed by atoms with Crippen LogP contribution < -0.4 is 4.90 Å². The zero-order valence-corrected chi connectivity index (χ0v) is 12.1. The Morgan fingerprint density at radius 1 is 1.35 bits per heavy atom. The maximum atomic E-state index is 13.0. The van der Waals surface area contributed by atoms with E-state index in [0.717, 1.165) is 5.69 Å². The average Bonchev–Trinajstić information content (AvgIpc) is 2.92. The standard InChI is InChI=1S/C14H15FN2O2S/c1-3-17(11-7-5-10(15)6-8-11)14-16-12(9-20-14)13(18)19-4-2/h5-9H,3-4H2,1-2H3. The number of esters is 1. The van der Waals surface area contributed by atoms with Crippen LogP contribution in [0, 0.1) is 5.82 Å². The Labute approximate surface area is 120 Å². The van der Waals surface area contributed by atoms with Gasteiger partial charge in [0.2, 0.25) is 0 Å². The summed E-state index contributed by atoms with van der Waals surface area (Å²) in [5.41, 5.74) is 1.13. The number of carbonyl (C=O) groups excluding carboxylic acids is 1. The molecule has 0 bridgehead atoms. The van der Waals surface area contributed by atoms with Gasteiger partial charge in [-0.25, -0.2) is 14.2 Å². The maximum Gasteiger partial charge on any atom is 0.357 e. The highest BCUT2D eigenvalue weighted by Crippen LogP contribution is 2.28. The molecule has 1 aromatic heterocycles. The van der Waals surface area contributed by atoms with E-state index in [1.807, 2.05) is 11.8 Å². The maximum absolute atomic E-state index is 13.0. The molecule has 0 aliphatic carbocycles. The fraction of sp³-hybridized carbons (Fsp3) is 0.286. The number of ether oxygens (including phenoxy) is 1. The van der Waals surface area contributed by atoms with Gasteiger partial charge < -0.3 is 9.64 Å². The molecule has 0 saturated heterocycles. The van der Waals surface area contributed by atoms with Gasteiger partial charge in [-0.3, -0.25) is 0 Å². The first kappa shape index (κ1) is 14.5. The van der Waals surface area contributed by atoms with Crippen molar-refractivity contribution >= 4 is 28.1 Å². The molecule has 4 nitrogen and oxygen atoms in total. The molecule has 0 fully saturated rings. The van der Waals surface area contributed by atoms with Gasteiger partial charge in [-0.1, -0.05) is 0 Å². The summed E-state index contributed by atoms with van der Waals surface area (Å²) < 4.78 is 17.9. The Bertz CT molecular complexity index is 583. The number of rotatable bonds is 5. The number of hydrogen-bond donors (Lipinski definition) is 0. The quantitative estimate of drug-likeness (QED) is 0.790. The molecular weight excluding hydrogens is 279 g/mol. The van der Waals surface area contributed by atoms with Crippen LogP contribution in [0.15, 0.2) is 29.6 Å². The van der Waals surface area contributed by atoms with Crippen molar-refractivity contribution in [3.05, 3.63) is 41.2 Å². The lowest BCUT2D eigenvalue weighted by molar-refractivity contribution is 0.0520. The van der Waals surface area contributed by atoms with Crippen LogP contribution in [0.5, 0.6) is 0 Å². The zero-order valence-electron chi connectivity index (χ0n) is 11.3. The highest BCUT2D eigenvalue weighted by molar-refractivity contribution is 7.14. The predicted octanol–water partition coefficient (Wildman–Crippen LogP) is 3.62. The van der Waals surface area contributed by atoms with Gasteiger partial charge in [-0.2, -0.15) is 0 Å². The molecule has 0 N–H and O–H groups in total. The highest BCUT2D eigenvalue weighted by atomic mass is 32.1. The van der Waals surface area contributed by atoms with Crippen molar-refractivity contribution in [2.45, 2.75) is 13.8 Å². The molecule has 106 valence electrons. The number of carbonyl (C=O) groups is 1. The molecular formula is C14H15FN2O2S. The normalized spacial score (nSPS) is 10.3. The predicted molar refractivity (Wildman–Crippen MR) is 77.2 cm³/mol. The molecule has 0 atom stereocenters. The second kappa shape index (κ2) is 6.47. The van der Waals surface area contributed by atoms with E-state index in [4.69, 9.17) is 4.74 Å². The Balaban J connectivity index is 2.24. The van der Waals surface area contributed by atoms with Crippen LogP contribution in [0.2, 0.25) is 0 Å². The number of aromatic nitrogens is 1. The number of hydrogen-bond acceptors (Lipinski definition) is 5. The summed E-state index contributed by atoms with van der Waals surface area (Å²) >= 11 is 1.36. The molecule has 2 aromatic rings. The minimum Gasteiger partial charge on any atom is -0.461 e. The monoisotopic (exact) mass is 294 g/mol. The molecule has 0 unspecified atom stereocenters. The summed E-state index contributed by atoms with van der Waals surface area (Å²) in [7, 11) is 0. The van der Waals surface area contributed by atoms with Gasteiger partial charge in [0.15, 0.2) is 10.8 Å². The lowest BCUT2D eigenvalue weighted by Crippen LogP contribution is -2.16. The summed E-state index contributed by atoms with van der Waals surface area (Å²) in [5, 5.41) is 2.35. The van der Waals surface area contributed by atoms with Gasteiger partial charge in [0.25, 0.3) is 0 Å². The smallest absolute Gasteiger partial charge is 0.357 e. The summed E-state index contributed by atoms with van der Waals surface area (Å²) in [6.07, 6.45) is 0. The van der Waals surface area contributed by atoms with Crippen molar-refractivity contribution in [1.82, 2.24) is 4.98 Å². The fourth-order valence-electron chi connectivity index (χ4n) is 1.74. The fourth-order valence-corrected chi connectivity index (χ4v) is 2.62. The molecule has 0 radical (unpaired) electrons. The van der Waals surface area contributed by atoms with Crippen LogP contribution >= 0.6 is 11.3 Å². The molecule has 0 aliphatic rings. The SMILES string of the molecule is CCOC(=O)c1csc(N(CC)c2ccc(F)cc2)n1. The minimum atomic E-state index is -0.426. The first-order valence-corrected chi connectivity index (χ1v) is 7.19. The van der Waals surface area contributed by atoms with Gasteiger partial charge in [0.1, 0.15) is 5.82 Å². The second-order valence-corrected chi connectivity index (χ2v) is 4.79. The third kappa shape index (κ3) is 3.14. The van der Waals surface area contributed by atoms with Crippen LogP contribution in [0.1, 0.15) is 24.3 Å². The van der Waals surface area contributed by atoms with Crippen molar-refractivity contribution in [2.24, 2.45) is 0 Å². The van der Waals surface area contributed by atoms with Crippen LogP contribution in [0.25, 0.3) is 0 Å². The highest BCUT2D eigenvalue weighted by Gasteiger charge is 2.16. The average molecular weight is 294 g/mol. The van der Waals surface area contributed by atoms with Crippen molar-refractivity contribution in [3.63, 3.8) is 0 Å². The van der Waals surface area contributed by atoms with Crippen molar-refractivity contribution in [2.75, 3.05) is 18.1 Å². The van der Waals surface area contributed by atoms with E-state index in [2.05, 4.69) is 4.98 Å². The Kier molecular flexibility index (Phi) is 4.68. The Hall–Kier alpha value is -1.95. The summed E-state index contributed by atoms with van der Waals surface area (Å²) in [5.74, 6) is -0.707. The lowest BCUT2D eigenvalue weighted by Gasteiger charge is -2.19. The third-order valence-corrected chi connectivity index (χ3v) is 3.53. The van der Waals surface area contributed by atoms with E-state index in [1.54, 1.807) is 24.4 Å². The Morgan fingerprint density at radius 2 is 2.05 bits per heavy atom. The van der Waals surface area contributed by atoms with Crippen molar-refractivity contribution in [3.8, 4) is 0 Å². The van der Waals surface area contributed by atoms with Crippen molar-refractivity contribution in [1.29, 1.82) is 0 Å². The number of nitrogens with zero attached hydrogens (tertiary/aromatic N) is 2. The van der Waals surface area contributed by atoms with Crippen LogP contribution in [-0.2, 0) is 4.74 Å². The van der Waals surface area contributed by atoms with E-state index < -0.39 is 5.97 Å². The minimum absolute atomic E-state index is 0.281. The number of halogens is 1. The topological polar surface area (TPSA) is 42.4 Å². The van der Waals surface area contributed by atoms with Gasteiger partial charge >= 0.3 is 5.97 Å². The molecule has 0 spiro atoms. The second-order valence-electron chi connectivity index (χ2n) is 3.96. The number of benzene rings is 1. The third-order valence-electron chi connectivity index (χ3n) is 2.66. The molecule has 0 saturated carbocycles. The number of anilines is 2. The Morgan fingerprint density at radius 3 is 2.65 bits per heavy atom. The number of thiazole rings is 1. The largest absolute Gasteiger partial charge is 0.461 e. The van der Waals surface area contributed by atoms with Crippen LogP contribution in [0.3, 0.4) is 0 Å². The van der Waals surface area contributed by atoms with E-state index in [9.17, 15) is 9.18 Å².